The van der Waals surface area contributed by atoms with Crippen molar-refractivity contribution in [3.63, 3.8) is 0 Å². The van der Waals surface area contributed by atoms with Crippen molar-refractivity contribution in [2.75, 3.05) is 38.5 Å². The zero-order chi connectivity index (χ0) is 18.4. The number of hydrogen-bond donors (Lipinski definition) is 2. The predicted molar refractivity (Wildman–Crippen MR) is 89.6 cm³/mol. The van der Waals surface area contributed by atoms with Crippen LogP contribution in [0.25, 0.3) is 0 Å². The summed E-state index contributed by atoms with van der Waals surface area (Å²) < 4.78 is 41.7. The number of amides is 1. The summed E-state index contributed by atoms with van der Waals surface area (Å²) in [5.74, 6) is -1.14. The molecule has 0 unspecified atom stereocenters. The van der Waals surface area contributed by atoms with E-state index < -0.39 is 17.5 Å². The van der Waals surface area contributed by atoms with Crippen molar-refractivity contribution >= 4 is 17.3 Å². The number of nitrogens with one attached hydrogen (secondary N) is 2. The van der Waals surface area contributed by atoms with Crippen LogP contribution in [0.4, 0.5) is 20.2 Å². The Kier molecular flexibility index (Phi) is 5.99. The van der Waals surface area contributed by atoms with E-state index in [1.165, 1.54) is 27.4 Å². The third-order valence-electron chi connectivity index (χ3n) is 3.32. The van der Waals surface area contributed by atoms with Crippen LogP contribution >= 0.6 is 0 Å². The number of carbonyl (C=O) groups is 1. The molecular formula is C17H18F2N2O4. The van der Waals surface area contributed by atoms with E-state index in [1.54, 1.807) is 12.1 Å². The lowest BCUT2D eigenvalue weighted by Crippen LogP contribution is -2.21. The normalized spacial score (nSPS) is 10.1. The van der Waals surface area contributed by atoms with Gasteiger partial charge in [-0.2, -0.15) is 0 Å². The molecule has 0 saturated heterocycles. The molecule has 0 aromatic heterocycles. The van der Waals surface area contributed by atoms with Crippen LogP contribution in [-0.2, 0) is 4.79 Å². The van der Waals surface area contributed by atoms with E-state index in [2.05, 4.69) is 10.6 Å². The molecular weight excluding hydrogens is 334 g/mol. The van der Waals surface area contributed by atoms with Crippen LogP contribution in [0.3, 0.4) is 0 Å². The van der Waals surface area contributed by atoms with Gasteiger partial charge in [0.05, 0.1) is 27.9 Å². The van der Waals surface area contributed by atoms with Crippen LogP contribution in [-0.4, -0.2) is 33.8 Å². The Labute approximate surface area is 143 Å². The van der Waals surface area contributed by atoms with Gasteiger partial charge in [-0.3, -0.25) is 4.79 Å². The first kappa shape index (κ1) is 18.3. The SMILES string of the molecule is COc1cc(NCC(=O)Nc2ccc(F)c(F)c2)cc(OC)c1OC. The van der Waals surface area contributed by atoms with E-state index in [0.717, 1.165) is 12.1 Å². The second kappa shape index (κ2) is 8.18. The third-order valence-corrected chi connectivity index (χ3v) is 3.32. The maximum absolute atomic E-state index is 13.1. The van der Waals surface area contributed by atoms with Gasteiger partial charge in [-0.15, -0.1) is 0 Å². The lowest BCUT2D eigenvalue weighted by molar-refractivity contribution is -0.114. The van der Waals surface area contributed by atoms with Crippen molar-refractivity contribution in [1.82, 2.24) is 0 Å². The zero-order valence-electron chi connectivity index (χ0n) is 14.0. The van der Waals surface area contributed by atoms with Crippen molar-refractivity contribution < 1.29 is 27.8 Å². The molecule has 1 amide bonds. The van der Waals surface area contributed by atoms with E-state index in [-0.39, 0.29) is 12.2 Å². The van der Waals surface area contributed by atoms with Crippen LogP contribution in [0.1, 0.15) is 0 Å². The summed E-state index contributed by atoms with van der Waals surface area (Å²) >= 11 is 0. The van der Waals surface area contributed by atoms with Gasteiger partial charge >= 0.3 is 0 Å². The summed E-state index contributed by atoms with van der Waals surface area (Å²) in [4.78, 5) is 11.9. The summed E-state index contributed by atoms with van der Waals surface area (Å²) in [6.07, 6.45) is 0. The molecule has 0 radical (unpaired) electrons. The van der Waals surface area contributed by atoms with Gasteiger partial charge < -0.3 is 24.8 Å². The monoisotopic (exact) mass is 352 g/mol. The minimum absolute atomic E-state index is 0.0996. The number of anilines is 2. The van der Waals surface area contributed by atoms with Crippen LogP contribution in [0, 0.1) is 11.6 Å². The molecule has 134 valence electrons. The summed E-state index contributed by atoms with van der Waals surface area (Å²) in [6.45, 7) is -0.0996. The van der Waals surface area contributed by atoms with E-state index in [0.29, 0.717) is 22.9 Å². The number of benzene rings is 2. The molecule has 6 nitrogen and oxygen atoms in total. The Hall–Kier alpha value is -3.03. The Morgan fingerprint density at radius 3 is 2.08 bits per heavy atom. The van der Waals surface area contributed by atoms with Gasteiger partial charge in [-0.05, 0) is 12.1 Å². The molecule has 0 aliphatic carbocycles. The summed E-state index contributed by atoms with van der Waals surface area (Å²) in [6, 6.07) is 6.42. The maximum Gasteiger partial charge on any atom is 0.243 e. The topological polar surface area (TPSA) is 68.8 Å². The van der Waals surface area contributed by atoms with Gasteiger partial charge in [0.2, 0.25) is 11.7 Å². The van der Waals surface area contributed by atoms with Crippen molar-refractivity contribution in [2.45, 2.75) is 0 Å². The van der Waals surface area contributed by atoms with Crippen LogP contribution in [0.2, 0.25) is 0 Å². The summed E-state index contributed by atoms with van der Waals surface area (Å²) in [7, 11) is 4.45. The zero-order valence-corrected chi connectivity index (χ0v) is 14.0. The molecule has 0 aliphatic heterocycles. The number of methoxy groups -OCH3 is 3. The van der Waals surface area contributed by atoms with E-state index in [1.807, 2.05) is 0 Å². The Bertz CT molecular complexity index is 743. The highest BCUT2D eigenvalue weighted by atomic mass is 19.2. The quantitative estimate of drug-likeness (QED) is 0.802. The molecule has 0 saturated carbocycles. The molecule has 2 aromatic rings. The van der Waals surface area contributed by atoms with Crippen LogP contribution in [0.5, 0.6) is 17.2 Å². The van der Waals surface area contributed by atoms with Crippen molar-refractivity contribution in [3.8, 4) is 17.2 Å². The van der Waals surface area contributed by atoms with Gasteiger partial charge in [0.1, 0.15) is 0 Å². The highest BCUT2D eigenvalue weighted by Crippen LogP contribution is 2.39. The Morgan fingerprint density at radius 2 is 1.56 bits per heavy atom. The van der Waals surface area contributed by atoms with Gasteiger partial charge in [-0.25, -0.2) is 8.78 Å². The number of hydrogen-bond acceptors (Lipinski definition) is 5. The average molecular weight is 352 g/mol. The van der Waals surface area contributed by atoms with Crippen molar-refractivity contribution in [1.29, 1.82) is 0 Å². The first-order valence-corrected chi connectivity index (χ1v) is 7.27. The van der Waals surface area contributed by atoms with E-state index in [9.17, 15) is 13.6 Å². The van der Waals surface area contributed by atoms with Gasteiger partial charge in [0.25, 0.3) is 0 Å². The van der Waals surface area contributed by atoms with Crippen LogP contribution < -0.4 is 24.8 Å². The lowest BCUT2D eigenvalue weighted by atomic mass is 10.2. The standard InChI is InChI=1S/C17H18F2N2O4/c1-23-14-7-11(8-15(24-2)17(14)25-3)20-9-16(22)21-10-4-5-12(18)13(19)6-10/h4-8,20H,9H2,1-3H3,(H,21,22). The third kappa shape index (κ3) is 4.50. The Morgan fingerprint density at radius 1 is 0.920 bits per heavy atom. The fraction of sp³-hybridized carbons (Fsp3) is 0.235. The molecule has 0 heterocycles. The molecule has 2 aromatic carbocycles. The molecule has 0 atom stereocenters. The summed E-state index contributed by atoms with van der Waals surface area (Å²) in [5.41, 5.74) is 0.727. The summed E-state index contributed by atoms with van der Waals surface area (Å²) in [5, 5.41) is 5.36. The second-order valence-electron chi connectivity index (χ2n) is 4.94. The van der Waals surface area contributed by atoms with Crippen LogP contribution in [0.15, 0.2) is 30.3 Å². The minimum Gasteiger partial charge on any atom is -0.493 e. The fourth-order valence-corrected chi connectivity index (χ4v) is 2.14. The molecule has 0 aliphatic rings. The van der Waals surface area contributed by atoms with Crippen molar-refractivity contribution in [2.24, 2.45) is 0 Å². The van der Waals surface area contributed by atoms with Gasteiger partial charge in [0.15, 0.2) is 23.1 Å². The largest absolute Gasteiger partial charge is 0.493 e. The Balaban J connectivity index is 2.04. The first-order chi connectivity index (χ1) is 12.0. The molecule has 2 N–H and O–H groups in total. The molecule has 0 spiro atoms. The smallest absolute Gasteiger partial charge is 0.243 e. The highest BCUT2D eigenvalue weighted by Gasteiger charge is 2.14. The maximum atomic E-state index is 13.1. The molecule has 25 heavy (non-hydrogen) atoms. The fourth-order valence-electron chi connectivity index (χ4n) is 2.14. The highest BCUT2D eigenvalue weighted by molar-refractivity contribution is 5.93. The first-order valence-electron chi connectivity index (χ1n) is 7.27. The second-order valence-corrected chi connectivity index (χ2v) is 4.94. The minimum atomic E-state index is -1.03. The molecule has 2 rings (SSSR count). The lowest BCUT2D eigenvalue weighted by Gasteiger charge is -2.15. The van der Waals surface area contributed by atoms with Gasteiger partial charge in [-0.1, -0.05) is 0 Å². The predicted octanol–water partition coefficient (Wildman–Crippen LogP) is 3.04. The molecule has 0 fully saturated rings. The van der Waals surface area contributed by atoms with E-state index in [4.69, 9.17) is 14.2 Å². The number of ether oxygens (including phenoxy) is 3. The number of rotatable bonds is 7. The van der Waals surface area contributed by atoms with E-state index >= 15 is 0 Å². The van der Waals surface area contributed by atoms with Gasteiger partial charge in [0, 0.05) is 29.6 Å². The average Bonchev–Trinajstić information content (AvgIpc) is 2.62. The molecule has 0 bridgehead atoms. The number of carbonyl (C=O) groups excluding carboxylic acids is 1. The number of halogens is 2. The van der Waals surface area contributed by atoms with Crippen molar-refractivity contribution in [3.05, 3.63) is 42.0 Å². The molecule has 8 heteroatoms.